The molecule has 0 saturated heterocycles. The largest absolute Gasteiger partial charge is 0.478 e. The van der Waals surface area contributed by atoms with Crippen LogP contribution in [-0.4, -0.2) is 21.4 Å². The van der Waals surface area contributed by atoms with Crippen LogP contribution >= 0.6 is 0 Å². The van der Waals surface area contributed by atoms with Crippen molar-refractivity contribution in [2.45, 2.75) is 33.4 Å². The maximum Gasteiger partial charge on any atom is 0.213 e. The van der Waals surface area contributed by atoms with E-state index >= 15 is 0 Å². The minimum Gasteiger partial charge on any atom is -0.478 e. The van der Waals surface area contributed by atoms with E-state index in [2.05, 4.69) is 29.2 Å². The van der Waals surface area contributed by atoms with E-state index in [0.717, 1.165) is 11.4 Å². The highest BCUT2D eigenvalue weighted by Crippen LogP contribution is 2.12. The molecule has 5 heteroatoms. The van der Waals surface area contributed by atoms with Gasteiger partial charge in [0.2, 0.25) is 5.88 Å². The van der Waals surface area contributed by atoms with Crippen molar-refractivity contribution >= 4 is 5.69 Å². The smallest absolute Gasteiger partial charge is 0.213 e. The van der Waals surface area contributed by atoms with Gasteiger partial charge in [-0.15, -0.1) is 0 Å². The van der Waals surface area contributed by atoms with E-state index in [1.54, 1.807) is 6.20 Å². The molecule has 0 radical (unpaired) electrons. The van der Waals surface area contributed by atoms with E-state index in [-0.39, 0.29) is 0 Å². The van der Waals surface area contributed by atoms with Crippen molar-refractivity contribution in [3.05, 3.63) is 36.3 Å². The fraction of sp³-hybridized carbons (Fsp3) is 0.429. The van der Waals surface area contributed by atoms with Crippen LogP contribution < -0.4 is 10.1 Å². The number of nitrogens with zero attached hydrogens (tertiary/aromatic N) is 3. The first kappa shape index (κ1) is 13.4. The molecule has 2 aromatic heterocycles. The van der Waals surface area contributed by atoms with Crippen molar-refractivity contribution in [3.8, 4) is 5.88 Å². The minimum atomic E-state index is 0.390. The first-order chi connectivity index (χ1) is 9.19. The van der Waals surface area contributed by atoms with Gasteiger partial charge in [0, 0.05) is 18.3 Å². The zero-order chi connectivity index (χ0) is 13.7. The molecule has 0 fully saturated rings. The highest BCUT2D eigenvalue weighted by atomic mass is 16.5. The third kappa shape index (κ3) is 3.71. The Morgan fingerprint density at radius 3 is 2.74 bits per heavy atom. The maximum absolute atomic E-state index is 5.30. The summed E-state index contributed by atoms with van der Waals surface area (Å²) in [5, 5.41) is 7.77. The molecule has 0 bridgehead atoms. The van der Waals surface area contributed by atoms with Crippen molar-refractivity contribution in [3.63, 3.8) is 0 Å². The topological polar surface area (TPSA) is 52.0 Å². The van der Waals surface area contributed by atoms with E-state index in [1.807, 2.05) is 36.0 Å². The molecule has 0 aliphatic heterocycles. The Balaban J connectivity index is 1.90. The van der Waals surface area contributed by atoms with Gasteiger partial charge in [-0.1, -0.05) is 0 Å². The van der Waals surface area contributed by atoms with Crippen molar-refractivity contribution in [1.82, 2.24) is 14.8 Å². The molecule has 0 unspecified atom stereocenters. The average molecular weight is 260 g/mol. The lowest BCUT2D eigenvalue weighted by atomic mass is 10.4. The van der Waals surface area contributed by atoms with Gasteiger partial charge < -0.3 is 10.1 Å². The molecule has 1 N–H and O–H groups in total. The molecule has 19 heavy (non-hydrogen) atoms. The third-order valence-corrected chi connectivity index (χ3v) is 2.69. The maximum atomic E-state index is 5.30. The third-order valence-electron chi connectivity index (χ3n) is 2.69. The molecule has 0 atom stereocenters. The SMILES string of the molecule is CCOc1ccc(NCc2ccn(C(C)C)n2)cn1. The van der Waals surface area contributed by atoms with E-state index in [0.29, 0.717) is 25.1 Å². The first-order valence-corrected chi connectivity index (χ1v) is 6.55. The van der Waals surface area contributed by atoms with Crippen LogP contribution in [0.2, 0.25) is 0 Å². The number of hydrogen-bond acceptors (Lipinski definition) is 4. The van der Waals surface area contributed by atoms with Crippen molar-refractivity contribution < 1.29 is 4.74 Å². The average Bonchev–Trinajstić information content (AvgIpc) is 2.87. The normalized spacial score (nSPS) is 10.7. The molecule has 0 spiro atoms. The molecular formula is C14H20N4O. The van der Waals surface area contributed by atoms with Gasteiger partial charge in [0.05, 0.1) is 30.7 Å². The predicted octanol–water partition coefficient (Wildman–Crippen LogP) is 2.87. The quantitative estimate of drug-likeness (QED) is 0.867. The van der Waals surface area contributed by atoms with E-state index in [9.17, 15) is 0 Å². The molecule has 0 amide bonds. The molecule has 102 valence electrons. The Hall–Kier alpha value is -2.04. The number of aromatic nitrogens is 3. The predicted molar refractivity (Wildman–Crippen MR) is 75.3 cm³/mol. The highest BCUT2D eigenvalue weighted by Gasteiger charge is 2.02. The Kier molecular flexibility index (Phi) is 4.39. The number of pyridine rings is 1. The second kappa shape index (κ2) is 6.22. The van der Waals surface area contributed by atoms with E-state index in [1.165, 1.54) is 0 Å². The number of hydrogen-bond donors (Lipinski definition) is 1. The molecule has 5 nitrogen and oxygen atoms in total. The monoisotopic (exact) mass is 260 g/mol. The van der Waals surface area contributed by atoms with E-state index < -0.39 is 0 Å². The fourth-order valence-electron chi connectivity index (χ4n) is 1.67. The summed E-state index contributed by atoms with van der Waals surface area (Å²) in [5.41, 5.74) is 1.98. The van der Waals surface area contributed by atoms with Crippen LogP contribution in [0.5, 0.6) is 5.88 Å². The van der Waals surface area contributed by atoms with Gasteiger partial charge in [-0.2, -0.15) is 5.10 Å². The zero-order valence-corrected chi connectivity index (χ0v) is 11.6. The lowest BCUT2D eigenvalue weighted by Gasteiger charge is -2.06. The molecule has 0 aliphatic rings. The van der Waals surface area contributed by atoms with Gasteiger partial charge in [-0.25, -0.2) is 4.98 Å². The number of rotatable bonds is 6. The number of ether oxygens (including phenoxy) is 1. The number of nitrogens with one attached hydrogen (secondary N) is 1. The van der Waals surface area contributed by atoms with Gasteiger partial charge in [0.1, 0.15) is 0 Å². The Morgan fingerprint density at radius 1 is 1.32 bits per heavy atom. The van der Waals surface area contributed by atoms with Crippen LogP contribution in [0.3, 0.4) is 0 Å². The van der Waals surface area contributed by atoms with Crippen LogP contribution in [0.15, 0.2) is 30.6 Å². The molecular weight excluding hydrogens is 240 g/mol. The molecule has 2 heterocycles. The summed E-state index contributed by atoms with van der Waals surface area (Å²) < 4.78 is 7.25. The van der Waals surface area contributed by atoms with Crippen LogP contribution in [-0.2, 0) is 6.54 Å². The second-order valence-electron chi connectivity index (χ2n) is 4.55. The molecule has 0 aliphatic carbocycles. The summed E-state index contributed by atoms with van der Waals surface area (Å²) in [6, 6.07) is 6.23. The fourth-order valence-corrected chi connectivity index (χ4v) is 1.67. The van der Waals surface area contributed by atoms with Gasteiger partial charge in [-0.3, -0.25) is 4.68 Å². The molecule has 0 aromatic carbocycles. The van der Waals surface area contributed by atoms with Crippen LogP contribution in [0.1, 0.15) is 32.5 Å². The summed E-state index contributed by atoms with van der Waals surface area (Å²) in [7, 11) is 0. The van der Waals surface area contributed by atoms with Gasteiger partial charge in [0.25, 0.3) is 0 Å². The summed E-state index contributed by atoms with van der Waals surface area (Å²) in [6.07, 6.45) is 3.77. The first-order valence-electron chi connectivity index (χ1n) is 6.55. The Bertz CT molecular complexity index is 504. The summed E-state index contributed by atoms with van der Waals surface area (Å²) in [6.45, 7) is 7.49. The van der Waals surface area contributed by atoms with Crippen LogP contribution in [0.4, 0.5) is 5.69 Å². The Labute approximate surface area is 113 Å². The lowest BCUT2D eigenvalue weighted by molar-refractivity contribution is 0.327. The van der Waals surface area contributed by atoms with Crippen molar-refractivity contribution in [2.24, 2.45) is 0 Å². The van der Waals surface area contributed by atoms with Crippen LogP contribution in [0, 0.1) is 0 Å². The van der Waals surface area contributed by atoms with Gasteiger partial charge in [-0.05, 0) is 32.9 Å². The van der Waals surface area contributed by atoms with Crippen molar-refractivity contribution in [2.75, 3.05) is 11.9 Å². The molecule has 2 rings (SSSR count). The summed E-state index contributed by atoms with van der Waals surface area (Å²) in [5.74, 6) is 0.650. The lowest BCUT2D eigenvalue weighted by Crippen LogP contribution is -2.05. The molecule has 2 aromatic rings. The standard InChI is InChI=1S/C14H20N4O/c1-4-19-14-6-5-12(9-16-14)15-10-13-7-8-18(17-13)11(2)3/h5-9,11,15H,4,10H2,1-3H3. The highest BCUT2D eigenvalue weighted by molar-refractivity contribution is 5.42. The number of anilines is 1. The Morgan fingerprint density at radius 2 is 2.16 bits per heavy atom. The minimum absolute atomic E-state index is 0.390. The van der Waals surface area contributed by atoms with E-state index in [4.69, 9.17) is 4.74 Å². The molecule has 0 saturated carbocycles. The van der Waals surface area contributed by atoms with Gasteiger partial charge in [0.15, 0.2) is 0 Å². The van der Waals surface area contributed by atoms with Crippen LogP contribution in [0.25, 0.3) is 0 Å². The summed E-state index contributed by atoms with van der Waals surface area (Å²) >= 11 is 0. The summed E-state index contributed by atoms with van der Waals surface area (Å²) in [4.78, 5) is 4.20. The zero-order valence-electron chi connectivity index (χ0n) is 11.6. The van der Waals surface area contributed by atoms with Crippen molar-refractivity contribution in [1.29, 1.82) is 0 Å². The second-order valence-corrected chi connectivity index (χ2v) is 4.55. The van der Waals surface area contributed by atoms with Gasteiger partial charge >= 0.3 is 0 Å².